The highest BCUT2D eigenvalue weighted by atomic mass is 19.1. The Bertz CT molecular complexity index is 374. The number of aliphatic carboxylic acids is 1. The molecule has 0 aliphatic carbocycles. The minimum atomic E-state index is -1.05. The van der Waals surface area contributed by atoms with Gasteiger partial charge in [0.1, 0.15) is 5.82 Å². The topological polar surface area (TPSA) is 49.7 Å². The molecule has 0 aliphatic rings. The van der Waals surface area contributed by atoms with E-state index < -0.39 is 11.8 Å². The first kappa shape index (κ1) is 10.4. The van der Waals surface area contributed by atoms with E-state index in [0.29, 0.717) is 5.69 Å². The van der Waals surface area contributed by atoms with Crippen LogP contribution in [0.1, 0.15) is 12.5 Å². The van der Waals surface area contributed by atoms with Crippen LogP contribution in [0, 0.1) is 5.82 Å². The third-order valence-electron chi connectivity index (χ3n) is 1.66. The van der Waals surface area contributed by atoms with Crippen LogP contribution in [-0.4, -0.2) is 17.3 Å². The quantitative estimate of drug-likeness (QED) is 0.751. The van der Waals surface area contributed by atoms with Crippen LogP contribution in [0.5, 0.6) is 0 Å². The van der Waals surface area contributed by atoms with Gasteiger partial charge in [0, 0.05) is 6.21 Å². The fourth-order valence-corrected chi connectivity index (χ4v) is 1.07. The van der Waals surface area contributed by atoms with E-state index in [1.165, 1.54) is 12.1 Å². The van der Waals surface area contributed by atoms with Crippen molar-refractivity contribution in [3.63, 3.8) is 0 Å². The van der Waals surface area contributed by atoms with Crippen molar-refractivity contribution in [3.8, 4) is 0 Å². The van der Waals surface area contributed by atoms with E-state index >= 15 is 0 Å². The Balaban J connectivity index is 2.95. The summed E-state index contributed by atoms with van der Waals surface area (Å²) >= 11 is 0. The second kappa shape index (κ2) is 4.50. The maximum Gasteiger partial charge on any atom is 0.307 e. The molecule has 0 aliphatic heterocycles. The van der Waals surface area contributed by atoms with Crippen molar-refractivity contribution in [2.75, 3.05) is 0 Å². The Hall–Kier alpha value is -1.71. The van der Waals surface area contributed by atoms with Gasteiger partial charge >= 0.3 is 5.97 Å². The standard InChI is InChI=1S/C10H10FNO2/c1-2-12-8-4-3-7(5-10(13)14)9(11)6-8/h2-4,6H,5H2,1H3,(H,13,14). The largest absolute Gasteiger partial charge is 0.481 e. The fourth-order valence-electron chi connectivity index (χ4n) is 1.07. The summed E-state index contributed by atoms with van der Waals surface area (Å²) in [5, 5.41) is 8.47. The molecule has 0 aromatic heterocycles. The van der Waals surface area contributed by atoms with Gasteiger partial charge in [0.15, 0.2) is 0 Å². The molecule has 3 nitrogen and oxygen atoms in total. The van der Waals surface area contributed by atoms with Crippen molar-refractivity contribution in [1.82, 2.24) is 0 Å². The molecule has 0 saturated heterocycles. The van der Waals surface area contributed by atoms with Gasteiger partial charge in [-0.1, -0.05) is 6.07 Å². The SMILES string of the molecule is CC=Nc1ccc(CC(=O)O)c(F)c1. The zero-order valence-electron chi connectivity index (χ0n) is 7.70. The fraction of sp³-hybridized carbons (Fsp3) is 0.200. The molecular formula is C10H10FNO2. The van der Waals surface area contributed by atoms with Crippen LogP contribution in [0.2, 0.25) is 0 Å². The van der Waals surface area contributed by atoms with Crippen molar-refractivity contribution in [2.45, 2.75) is 13.3 Å². The Labute approximate surface area is 80.9 Å². The van der Waals surface area contributed by atoms with Crippen molar-refractivity contribution in [3.05, 3.63) is 29.6 Å². The first-order chi connectivity index (χ1) is 6.63. The molecule has 1 N–H and O–H groups in total. The zero-order chi connectivity index (χ0) is 10.6. The maximum atomic E-state index is 13.2. The summed E-state index contributed by atoms with van der Waals surface area (Å²) in [6.45, 7) is 1.73. The van der Waals surface area contributed by atoms with E-state index in [-0.39, 0.29) is 12.0 Å². The van der Waals surface area contributed by atoms with Crippen LogP contribution < -0.4 is 0 Å². The molecule has 74 valence electrons. The van der Waals surface area contributed by atoms with Gasteiger partial charge in [-0.25, -0.2) is 4.39 Å². The van der Waals surface area contributed by atoms with Crippen molar-refractivity contribution in [1.29, 1.82) is 0 Å². The van der Waals surface area contributed by atoms with Crippen molar-refractivity contribution >= 4 is 17.9 Å². The molecule has 1 aromatic carbocycles. The number of halogens is 1. The number of hydrogen-bond acceptors (Lipinski definition) is 2. The van der Waals surface area contributed by atoms with E-state index in [2.05, 4.69) is 4.99 Å². The lowest BCUT2D eigenvalue weighted by atomic mass is 10.1. The molecule has 14 heavy (non-hydrogen) atoms. The lowest BCUT2D eigenvalue weighted by molar-refractivity contribution is -0.136. The highest BCUT2D eigenvalue weighted by Gasteiger charge is 2.06. The first-order valence-electron chi connectivity index (χ1n) is 4.12. The molecular weight excluding hydrogens is 185 g/mol. The number of nitrogens with zero attached hydrogens (tertiary/aromatic N) is 1. The molecule has 1 aromatic rings. The van der Waals surface area contributed by atoms with Crippen LogP contribution in [0.15, 0.2) is 23.2 Å². The molecule has 0 heterocycles. The van der Waals surface area contributed by atoms with Crippen LogP contribution in [0.4, 0.5) is 10.1 Å². The van der Waals surface area contributed by atoms with Gasteiger partial charge in [0.2, 0.25) is 0 Å². The van der Waals surface area contributed by atoms with Gasteiger partial charge in [-0.3, -0.25) is 9.79 Å². The number of carboxylic acid groups (broad SMARTS) is 1. The van der Waals surface area contributed by atoms with E-state index in [0.717, 1.165) is 0 Å². The van der Waals surface area contributed by atoms with Gasteiger partial charge < -0.3 is 5.11 Å². The average molecular weight is 195 g/mol. The third-order valence-corrected chi connectivity index (χ3v) is 1.66. The monoisotopic (exact) mass is 195 g/mol. The molecule has 1 rings (SSSR count). The number of aliphatic imine (C=N–C) groups is 1. The Kier molecular flexibility index (Phi) is 3.34. The smallest absolute Gasteiger partial charge is 0.307 e. The molecule has 0 bridgehead atoms. The normalized spacial score (nSPS) is 10.7. The predicted molar refractivity (Wildman–Crippen MR) is 51.6 cm³/mol. The number of rotatable bonds is 3. The zero-order valence-corrected chi connectivity index (χ0v) is 7.70. The van der Waals surface area contributed by atoms with E-state index in [4.69, 9.17) is 5.11 Å². The summed E-state index contributed by atoms with van der Waals surface area (Å²) in [5.41, 5.74) is 0.659. The molecule has 0 unspecified atom stereocenters. The molecule has 0 fully saturated rings. The molecule has 0 atom stereocenters. The second-order valence-corrected chi connectivity index (χ2v) is 2.73. The first-order valence-corrected chi connectivity index (χ1v) is 4.12. The van der Waals surface area contributed by atoms with Crippen molar-refractivity contribution in [2.24, 2.45) is 4.99 Å². The van der Waals surface area contributed by atoms with Crippen LogP contribution in [0.3, 0.4) is 0 Å². The lowest BCUT2D eigenvalue weighted by Gasteiger charge is -2.00. The van der Waals surface area contributed by atoms with Crippen molar-refractivity contribution < 1.29 is 14.3 Å². The predicted octanol–water partition coefficient (Wildman–Crippen LogP) is 2.17. The third kappa shape index (κ3) is 2.65. The van der Waals surface area contributed by atoms with Gasteiger partial charge in [-0.2, -0.15) is 0 Å². The number of hydrogen-bond donors (Lipinski definition) is 1. The van der Waals surface area contributed by atoms with E-state index in [9.17, 15) is 9.18 Å². The summed E-state index contributed by atoms with van der Waals surface area (Å²) in [4.78, 5) is 14.2. The summed E-state index contributed by atoms with van der Waals surface area (Å²) in [5.74, 6) is -1.58. The molecule has 4 heteroatoms. The van der Waals surface area contributed by atoms with Crippen LogP contribution in [0.25, 0.3) is 0 Å². The minimum Gasteiger partial charge on any atom is -0.481 e. The Morgan fingerprint density at radius 2 is 2.36 bits per heavy atom. The van der Waals surface area contributed by atoms with Gasteiger partial charge in [-0.05, 0) is 24.6 Å². The summed E-state index contributed by atoms with van der Waals surface area (Å²) in [7, 11) is 0. The number of benzene rings is 1. The van der Waals surface area contributed by atoms with Crippen LogP contribution in [-0.2, 0) is 11.2 Å². The molecule has 0 spiro atoms. The minimum absolute atomic E-state index is 0.174. The number of carbonyl (C=O) groups is 1. The van der Waals surface area contributed by atoms with Gasteiger partial charge in [0.25, 0.3) is 0 Å². The van der Waals surface area contributed by atoms with Gasteiger partial charge in [-0.15, -0.1) is 0 Å². The summed E-state index contributed by atoms with van der Waals surface area (Å²) in [6, 6.07) is 4.24. The Morgan fingerprint density at radius 1 is 1.64 bits per heavy atom. The summed E-state index contributed by atoms with van der Waals surface area (Å²) < 4.78 is 13.2. The molecule has 0 radical (unpaired) electrons. The second-order valence-electron chi connectivity index (χ2n) is 2.73. The van der Waals surface area contributed by atoms with E-state index in [1.807, 2.05) is 0 Å². The molecule has 0 saturated carbocycles. The Morgan fingerprint density at radius 3 is 2.86 bits per heavy atom. The highest BCUT2D eigenvalue weighted by Crippen LogP contribution is 2.17. The maximum absolute atomic E-state index is 13.2. The highest BCUT2D eigenvalue weighted by molar-refractivity contribution is 5.70. The summed E-state index contributed by atoms with van der Waals surface area (Å²) in [6.07, 6.45) is 1.24. The molecule has 0 amide bonds. The van der Waals surface area contributed by atoms with Crippen LogP contribution >= 0.6 is 0 Å². The lowest BCUT2D eigenvalue weighted by Crippen LogP contribution is -2.01. The average Bonchev–Trinajstić information content (AvgIpc) is 2.10. The van der Waals surface area contributed by atoms with Gasteiger partial charge in [0.05, 0.1) is 12.1 Å². The van der Waals surface area contributed by atoms with E-state index in [1.54, 1.807) is 19.2 Å². The number of carboxylic acids is 1.